The highest BCUT2D eigenvalue weighted by molar-refractivity contribution is 7.80. The first-order valence-electron chi connectivity index (χ1n) is 10.6. The monoisotopic (exact) mass is 463 g/mol. The lowest BCUT2D eigenvalue weighted by Crippen LogP contribution is -2.24. The molecule has 1 unspecified atom stereocenters. The van der Waals surface area contributed by atoms with Gasteiger partial charge in [0, 0.05) is 40.7 Å². The van der Waals surface area contributed by atoms with E-state index in [-0.39, 0.29) is 0 Å². The molecular weight excluding hydrogens is 434 g/mol. The van der Waals surface area contributed by atoms with Gasteiger partial charge in [-0.2, -0.15) is 0 Å². The first-order valence-corrected chi connectivity index (χ1v) is 11.5. The summed E-state index contributed by atoms with van der Waals surface area (Å²) in [6.07, 6.45) is 3.96. The molecule has 1 aromatic heterocycles. The third-order valence-corrected chi connectivity index (χ3v) is 5.70. The van der Waals surface area contributed by atoms with Crippen LogP contribution in [0.25, 0.3) is 21.9 Å². The van der Waals surface area contributed by atoms with Crippen molar-refractivity contribution < 1.29 is 5.11 Å². The van der Waals surface area contributed by atoms with Crippen LogP contribution in [0.4, 0.5) is 0 Å². The van der Waals surface area contributed by atoms with Crippen LogP contribution in [0.15, 0.2) is 95.0 Å². The molecule has 0 aliphatic heterocycles. The van der Waals surface area contributed by atoms with Crippen LogP contribution in [0.1, 0.15) is 18.1 Å². The van der Waals surface area contributed by atoms with Gasteiger partial charge in [0.2, 0.25) is 0 Å². The van der Waals surface area contributed by atoms with Crippen molar-refractivity contribution in [2.75, 3.05) is 19.6 Å². The van der Waals surface area contributed by atoms with Crippen molar-refractivity contribution in [1.29, 1.82) is 0 Å². The van der Waals surface area contributed by atoms with E-state index in [2.05, 4.69) is 59.8 Å². The molecule has 166 valence electrons. The lowest BCUT2D eigenvalue weighted by Gasteiger charge is -2.11. The zero-order valence-corrected chi connectivity index (χ0v) is 19.6. The second-order valence-corrected chi connectivity index (χ2v) is 8.39. The molecule has 0 aliphatic carbocycles. The van der Waals surface area contributed by atoms with Crippen molar-refractivity contribution in [2.45, 2.75) is 22.3 Å². The van der Waals surface area contributed by atoms with Crippen LogP contribution in [0.3, 0.4) is 0 Å². The summed E-state index contributed by atoms with van der Waals surface area (Å²) < 4.78 is 0. The third-order valence-electron chi connectivity index (χ3n) is 5.03. The molecule has 0 aliphatic rings. The van der Waals surface area contributed by atoms with Gasteiger partial charge in [0.25, 0.3) is 0 Å². The molecule has 3 aromatic carbocycles. The second-order valence-electron chi connectivity index (χ2n) is 7.39. The van der Waals surface area contributed by atoms with Crippen LogP contribution in [-0.2, 0) is 0 Å². The lowest BCUT2D eigenvalue weighted by molar-refractivity contribution is 0.167. The van der Waals surface area contributed by atoms with Crippen LogP contribution >= 0.6 is 25.3 Å². The molecular formula is C26H29N3OS2. The Hall–Kier alpha value is -2.35. The summed E-state index contributed by atoms with van der Waals surface area (Å²) in [6.45, 7) is 2.20. The van der Waals surface area contributed by atoms with Gasteiger partial charge in [-0.15, -0.1) is 25.3 Å². The van der Waals surface area contributed by atoms with E-state index in [1.165, 1.54) is 11.1 Å². The highest BCUT2D eigenvalue weighted by atomic mass is 32.1. The molecule has 0 radical (unpaired) electrons. The summed E-state index contributed by atoms with van der Waals surface area (Å²) in [6, 6.07) is 24.1. The fourth-order valence-electron chi connectivity index (χ4n) is 3.32. The Morgan fingerprint density at radius 2 is 1.66 bits per heavy atom. The molecule has 0 fully saturated rings. The number of rotatable bonds is 7. The SMILES string of the molecule is NCCNCCC(O)c1ccc(S)cc1.Sc1cc(-c2ccccc2)cc2cnccc12. The molecule has 0 bridgehead atoms. The number of hydrogen-bond acceptors (Lipinski definition) is 6. The molecule has 0 saturated heterocycles. The van der Waals surface area contributed by atoms with Crippen molar-refractivity contribution >= 4 is 36.0 Å². The minimum atomic E-state index is -0.413. The highest BCUT2D eigenvalue weighted by Gasteiger charge is 2.06. The van der Waals surface area contributed by atoms with E-state index in [0.29, 0.717) is 13.0 Å². The Morgan fingerprint density at radius 1 is 0.906 bits per heavy atom. The average Bonchev–Trinajstić information content (AvgIpc) is 2.83. The predicted octanol–water partition coefficient (Wildman–Crippen LogP) is 5.14. The molecule has 32 heavy (non-hydrogen) atoms. The van der Waals surface area contributed by atoms with Gasteiger partial charge in [0.05, 0.1) is 6.10 Å². The van der Waals surface area contributed by atoms with Gasteiger partial charge >= 0.3 is 0 Å². The quantitative estimate of drug-likeness (QED) is 0.194. The van der Waals surface area contributed by atoms with Crippen molar-refractivity contribution in [1.82, 2.24) is 10.3 Å². The van der Waals surface area contributed by atoms with E-state index in [4.69, 9.17) is 5.73 Å². The maximum Gasteiger partial charge on any atom is 0.0802 e. The summed E-state index contributed by atoms with van der Waals surface area (Å²) in [5.41, 5.74) is 8.65. The Morgan fingerprint density at radius 3 is 2.38 bits per heavy atom. The summed E-state index contributed by atoms with van der Waals surface area (Å²) in [5, 5.41) is 15.2. The highest BCUT2D eigenvalue weighted by Crippen LogP contribution is 2.29. The predicted molar refractivity (Wildman–Crippen MR) is 140 cm³/mol. The Balaban J connectivity index is 0.000000183. The molecule has 4 rings (SSSR count). The zero-order chi connectivity index (χ0) is 22.8. The fraction of sp³-hybridized carbons (Fsp3) is 0.192. The van der Waals surface area contributed by atoms with Gasteiger partial charge in [0.15, 0.2) is 0 Å². The number of nitrogens with zero attached hydrogens (tertiary/aromatic N) is 1. The first-order chi connectivity index (χ1) is 15.6. The van der Waals surface area contributed by atoms with E-state index < -0.39 is 6.10 Å². The number of hydrogen-bond donors (Lipinski definition) is 5. The standard InChI is InChI=1S/C15H11NS.C11H18N2OS/c17-15-9-12(11-4-2-1-3-5-11)8-13-10-16-7-6-14(13)15;12-6-8-13-7-5-11(14)9-1-3-10(15)4-2-9/h1-10,17H;1-4,11,13-15H,5-8,12H2. The van der Waals surface area contributed by atoms with Gasteiger partial charge in [0.1, 0.15) is 0 Å². The van der Waals surface area contributed by atoms with Crippen molar-refractivity contribution in [3.05, 3.63) is 90.8 Å². The zero-order valence-electron chi connectivity index (χ0n) is 17.9. The van der Waals surface area contributed by atoms with Crippen molar-refractivity contribution in [2.24, 2.45) is 5.73 Å². The Labute approximate surface area is 200 Å². The first kappa shape index (κ1) is 24.3. The van der Waals surface area contributed by atoms with Gasteiger partial charge < -0.3 is 16.2 Å². The van der Waals surface area contributed by atoms with Crippen molar-refractivity contribution in [3.63, 3.8) is 0 Å². The molecule has 0 spiro atoms. The third kappa shape index (κ3) is 7.08. The van der Waals surface area contributed by atoms with Crippen molar-refractivity contribution in [3.8, 4) is 11.1 Å². The second kappa shape index (κ2) is 12.6. The maximum absolute atomic E-state index is 9.81. The summed E-state index contributed by atoms with van der Waals surface area (Å²) in [7, 11) is 0. The van der Waals surface area contributed by atoms with E-state index in [9.17, 15) is 5.11 Å². The lowest BCUT2D eigenvalue weighted by atomic mass is 10.0. The van der Waals surface area contributed by atoms with Gasteiger partial charge in [-0.05, 0) is 65.4 Å². The van der Waals surface area contributed by atoms with Crippen LogP contribution in [0.2, 0.25) is 0 Å². The largest absolute Gasteiger partial charge is 0.388 e. The number of aliphatic hydroxyl groups excluding tert-OH is 1. The summed E-state index contributed by atoms with van der Waals surface area (Å²) in [4.78, 5) is 6.05. The number of nitrogens with two attached hydrogens (primary N) is 1. The number of aliphatic hydroxyl groups is 1. The number of pyridine rings is 1. The van der Waals surface area contributed by atoms with Crippen LogP contribution in [-0.4, -0.2) is 29.7 Å². The summed E-state index contributed by atoms with van der Waals surface area (Å²) >= 11 is 8.73. The Bertz CT molecular complexity index is 1110. The molecule has 0 saturated carbocycles. The van der Waals surface area contributed by atoms with E-state index in [1.54, 1.807) is 6.20 Å². The average molecular weight is 464 g/mol. The van der Waals surface area contributed by atoms with E-state index >= 15 is 0 Å². The molecule has 6 heteroatoms. The van der Waals surface area contributed by atoms with E-state index in [1.807, 2.05) is 54.7 Å². The molecule has 0 amide bonds. The molecule has 4 nitrogen and oxygen atoms in total. The van der Waals surface area contributed by atoms with Crippen LogP contribution in [0.5, 0.6) is 0 Å². The molecule has 1 atom stereocenters. The molecule has 4 aromatic rings. The molecule has 4 N–H and O–H groups in total. The van der Waals surface area contributed by atoms with Gasteiger partial charge in [-0.25, -0.2) is 0 Å². The number of thiol groups is 2. The smallest absolute Gasteiger partial charge is 0.0802 e. The number of fused-ring (bicyclic) bond motifs is 1. The minimum Gasteiger partial charge on any atom is -0.388 e. The summed E-state index contributed by atoms with van der Waals surface area (Å²) in [5.74, 6) is 0. The fourth-order valence-corrected chi connectivity index (χ4v) is 3.81. The number of benzene rings is 3. The van der Waals surface area contributed by atoms with Gasteiger partial charge in [-0.1, -0.05) is 42.5 Å². The van der Waals surface area contributed by atoms with Crippen LogP contribution in [0, 0.1) is 0 Å². The normalized spacial score (nSPS) is 11.6. The van der Waals surface area contributed by atoms with E-state index in [0.717, 1.165) is 39.2 Å². The molecule has 1 heterocycles. The number of aromatic nitrogens is 1. The van der Waals surface area contributed by atoms with Gasteiger partial charge in [-0.3, -0.25) is 4.98 Å². The maximum atomic E-state index is 9.81. The Kier molecular flexibility index (Phi) is 9.59. The van der Waals surface area contributed by atoms with Crippen LogP contribution < -0.4 is 11.1 Å². The minimum absolute atomic E-state index is 0.413. The topological polar surface area (TPSA) is 71.2 Å². The number of nitrogens with one attached hydrogen (secondary N) is 1.